The number of hydrogen-bond donors (Lipinski definition) is 2. The number of para-hydroxylation sites is 1. The number of nitrogens with two attached hydrogens (primary N) is 1. The van der Waals surface area contributed by atoms with Gasteiger partial charge in [-0.1, -0.05) is 17.7 Å². The van der Waals surface area contributed by atoms with Crippen molar-refractivity contribution < 1.29 is 4.74 Å². The van der Waals surface area contributed by atoms with Gasteiger partial charge in [0, 0.05) is 5.69 Å². The van der Waals surface area contributed by atoms with Gasteiger partial charge in [0.05, 0.1) is 23.0 Å². The fourth-order valence-corrected chi connectivity index (χ4v) is 1.78. The highest BCUT2D eigenvalue weighted by Gasteiger charge is 2.03. The van der Waals surface area contributed by atoms with Gasteiger partial charge in [0.15, 0.2) is 0 Å². The van der Waals surface area contributed by atoms with Gasteiger partial charge in [-0.2, -0.15) is 0 Å². The van der Waals surface area contributed by atoms with Gasteiger partial charge in [0.25, 0.3) is 0 Å². The second-order valence-electron chi connectivity index (χ2n) is 3.78. The molecular formula is C14H15ClN2O. The highest BCUT2D eigenvalue weighted by Crippen LogP contribution is 2.29. The first-order valence-corrected chi connectivity index (χ1v) is 6.12. The van der Waals surface area contributed by atoms with E-state index in [1.807, 2.05) is 43.3 Å². The fraction of sp³-hybridized carbons (Fsp3) is 0.143. The Bertz CT molecular complexity index is 526. The van der Waals surface area contributed by atoms with Crippen molar-refractivity contribution in [2.45, 2.75) is 6.92 Å². The molecule has 0 fully saturated rings. The van der Waals surface area contributed by atoms with Crippen molar-refractivity contribution in [3.8, 4) is 5.75 Å². The van der Waals surface area contributed by atoms with Gasteiger partial charge in [-0.25, -0.2) is 0 Å². The average Bonchev–Trinajstić information content (AvgIpc) is 2.38. The molecule has 0 aromatic heterocycles. The van der Waals surface area contributed by atoms with E-state index in [9.17, 15) is 0 Å². The molecule has 0 saturated heterocycles. The quantitative estimate of drug-likeness (QED) is 0.817. The Morgan fingerprint density at radius 1 is 1.17 bits per heavy atom. The molecule has 0 aliphatic heterocycles. The van der Waals surface area contributed by atoms with Gasteiger partial charge in [0.1, 0.15) is 5.75 Å². The summed E-state index contributed by atoms with van der Waals surface area (Å²) in [4.78, 5) is 0. The van der Waals surface area contributed by atoms with E-state index < -0.39 is 0 Å². The average molecular weight is 263 g/mol. The molecule has 2 aromatic carbocycles. The number of benzene rings is 2. The number of halogens is 1. The number of nitrogen functional groups attached to an aromatic ring is 1. The van der Waals surface area contributed by atoms with E-state index in [0.717, 1.165) is 17.1 Å². The second kappa shape index (κ2) is 5.65. The molecule has 0 saturated carbocycles. The lowest BCUT2D eigenvalue weighted by atomic mass is 10.2. The first-order valence-electron chi connectivity index (χ1n) is 5.74. The maximum Gasteiger partial charge on any atom is 0.119 e. The van der Waals surface area contributed by atoms with Crippen LogP contribution in [-0.2, 0) is 0 Å². The van der Waals surface area contributed by atoms with Crippen LogP contribution < -0.4 is 15.8 Å². The number of rotatable bonds is 4. The van der Waals surface area contributed by atoms with Gasteiger partial charge in [-0.05, 0) is 43.3 Å². The molecule has 0 aliphatic rings. The molecule has 0 atom stereocenters. The monoisotopic (exact) mass is 262 g/mol. The van der Waals surface area contributed by atoms with E-state index in [1.165, 1.54) is 0 Å². The van der Waals surface area contributed by atoms with Gasteiger partial charge >= 0.3 is 0 Å². The van der Waals surface area contributed by atoms with E-state index in [1.54, 1.807) is 6.07 Å². The van der Waals surface area contributed by atoms with Crippen LogP contribution in [0.4, 0.5) is 17.1 Å². The maximum absolute atomic E-state index is 5.96. The van der Waals surface area contributed by atoms with Crippen molar-refractivity contribution in [2.75, 3.05) is 17.7 Å². The molecule has 0 amide bonds. The highest BCUT2D eigenvalue weighted by molar-refractivity contribution is 6.33. The van der Waals surface area contributed by atoms with Crippen LogP contribution in [0.2, 0.25) is 5.02 Å². The lowest BCUT2D eigenvalue weighted by Gasteiger charge is -2.11. The predicted octanol–water partition coefficient (Wildman–Crippen LogP) is 4.06. The molecule has 0 aliphatic carbocycles. The van der Waals surface area contributed by atoms with Crippen LogP contribution in [0.5, 0.6) is 5.75 Å². The van der Waals surface area contributed by atoms with E-state index >= 15 is 0 Å². The zero-order valence-corrected chi connectivity index (χ0v) is 10.9. The lowest BCUT2D eigenvalue weighted by Crippen LogP contribution is -1.97. The van der Waals surface area contributed by atoms with Crippen LogP contribution in [0.15, 0.2) is 42.5 Å². The molecule has 0 spiro atoms. The summed E-state index contributed by atoms with van der Waals surface area (Å²) in [5, 5.41) is 3.76. The molecule has 3 N–H and O–H groups in total. The Balaban J connectivity index is 2.16. The Morgan fingerprint density at radius 3 is 2.56 bits per heavy atom. The number of hydrogen-bond acceptors (Lipinski definition) is 3. The van der Waals surface area contributed by atoms with E-state index in [2.05, 4.69) is 5.32 Å². The van der Waals surface area contributed by atoms with Crippen molar-refractivity contribution in [3.63, 3.8) is 0 Å². The first-order chi connectivity index (χ1) is 8.70. The topological polar surface area (TPSA) is 47.3 Å². The summed E-state index contributed by atoms with van der Waals surface area (Å²) in [6, 6.07) is 13.2. The summed E-state index contributed by atoms with van der Waals surface area (Å²) in [5.41, 5.74) is 8.17. The van der Waals surface area contributed by atoms with Gasteiger partial charge in [-0.3, -0.25) is 0 Å². The molecule has 2 rings (SSSR count). The molecule has 3 nitrogen and oxygen atoms in total. The zero-order chi connectivity index (χ0) is 13.0. The molecular weight excluding hydrogens is 248 g/mol. The molecule has 94 valence electrons. The third kappa shape index (κ3) is 2.87. The maximum atomic E-state index is 5.96. The molecule has 0 bridgehead atoms. The zero-order valence-electron chi connectivity index (χ0n) is 10.1. The Labute approximate surface area is 112 Å². The lowest BCUT2D eigenvalue weighted by molar-refractivity contribution is 0.340. The Hall–Kier alpha value is -1.87. The molecule has 0 radical (unpaired) electrons. The van der Waals surface area contributed by atoms with E-state index in [4.69, 9.17) is 22.1 Å². The van der Waals surface area contributed by atoms with Gasteiger partial charge in [0.2, 0.25) is 0 Å². The van der Waals surface area contributed by atoms with Crippen LogP contribution in [0.1, 0.15) is 6.92 Å². The second-order valence-corrected chi connectivity index (χ2v) is 4.19. The first kappa shape index (κ1) is 12.6. The minimum atomic E-state index is 0.547. The van der Waals surface area contributed by atoms with Crippen molar-refractivity contribution >= 4 is 28.7 Å². The minimum Gasteiger partial charge on any atom is -0.494 e. The summed E-state index contributed by atoms with van der Waals surface area (Å²) in [6.07, 6.45) is 0. The Morgan fingerprint density at radius 2 is 1.89 bits per heavy atom. The minimum absolute atomic E-state index is 0.547. The molecule has 4 heteroatoms. The summed E-state index contributed by atoms with van der Waals surface area (Å²) in [7, 11) is 0. The molecule has 0 heterocycles. The third-order valence-corrected chi connectivity index (χ3v) is 2.83. The highest BCUT2D eigenvalue weighted by atomic mass is 35.5. The Kier molecular flexibility index (Phi) is 3.95. The van der Waals surface area contributed by atoms with Crippen LogP contribution in [0.3, 0.4) is 0 Å². The summed E-state index contributed by atoms with van der Waals surface area (Å²) in [6.45, 7) is 2.62. The summed E-state index contributed by atoms with van der Waals surface area (Å²) in [5.74, 6) is 0.849. The van der Waals surface area contributed by atoms with Crippen LogP contribution in [-0.4, -0.2) is 6.61 Å². The van der Waals surface area contributed by atoms with Crippen molar-refractivity contribution in [1.82, 2.24) is 0 Å². The van der Waals surface area contributed by atoms with Crippen molar-refractivity contribution in [3.05, 3.63) is 47.5 Å². The standard InChI is InChI=1S/C14H15ClN2O/c1-2-18-11-8-6-10(7-9-11)17-13-5-3-4-12(15)14(13)16/h3-9,17H,2,16H2,1H3. The van der Waals surface area contributed by atoms with Crippen LogP contribution in [0.25, 0.3) is 0 Å². The van der Waals surface area contributed by atoms with Gasteiger partial charge < -0.3 is 15.8 Å². The normalized spacial score (nSPS) is 10.1. The third-order valence-electron chi connectivity index (χ3n) is 2.50. The molecule has 2 aromatic rings. The van der Waals surface area contributed by atoms with Gasteiger partial charge in [-0.15, -0.1) is 0 Å². The number of ether oxygens (including phenoxy) is 1. The summed E-state index contributed by atoms with van der Waals surface area (Å²) >= 11 is 5.96. The molecule has 0 unspecified atom stereocenters. The van der Waals surface area contributed by atoms with Crippen molar-refractivity contribution in [2.24, 2.45) is 0 Å². The van der Waals surface area contributed by atoms with E-state index in [0.29, 0.717) is 17.3 Å². The smallest absolute Gasteiger partial charge is 0.119 e. The fourth-order valence-electron chi connectivity index (χ4n) is 1.60. The van der Waals surface area contributed by atoms with Crippen LogP contribution >= 0.6 is 11.6 Å². The largest absolute Gasteiger partial charge is 0.494 e. The summed E-state index contributed by atoms with van der Waals surface area (Å²) < 4.78 is 5.38. The van der Waals surface area contributed by atoms with Crippen LogP contribution in [0, 0.1) is 0 Å². The predicted molar refractivity (Wildman–Crippen MR) is 76.8 cm³/mol. The SMILES string of the molecule is CCOc1ccc(Nc2cccc(Cl)c2N)cc1. The van der Waals surface area contributed by atoms with E-state index in [-0.39, 0.29) is 0 Å². The van der Waals surface area contributed by atoms with Crippen molar-refractivity contribution in [1.29, 1.82) is 0 Å². The number of nitrogens with one attached hydrogen (secondary N) is 1. The number of anilines is 3. The molecule has 18 heavy (non-hydrogen) atoms.